The van der Waals surface area contributed by atoms with Crippen LogP contribution < -0.4 is 11.2 Å². The van der Waals surface area contributed by atoms with Crippen LogP contribution in [0.2, 0.25) is 10.0 Å². The van der Waals surface area contributed by atoms with Crippen LogP contribution in [0.1, 0.15) is 0 Å². The first-order valence-corrected chi connectivity index (χ1v) is 4.08. The maximum atomic E-state index is 8.37. The van der Waals surface area contributed by atoms with Gasteiger partial charge in [0.25, 0.3) is 0 Å². The van der Waals surface area contributed by atoms with E-state index in [1.165, 1.54) is 6.07 Å². The standard InChI is InChI=1S/C7H7Cl2N3O/c8-4-1-2-5(9)6(3-4)11-7(10)12-13/h1-3,13H,(H3,10,11,12). The number of benzene rings is 1. The zero-order valence-electron chi connectivity index (χ0n) is 6.46. The molecule has 0 bridgehead atoms. The van der Waals surface area contributed by atoms with Crippen LogP contribution in [-0.4, -0.2) is 11.2 Å². The normalized spacial score (nSPS) is 11.5. The van der Waals surface area contributed by atoms with Gasteiger partial charge in [-0.2, -0.15) is 0 Å². The number of hydrogen-bond donors (Lipinski definition) is 3. The lowest BCUT2D eigenvalue weighted by Crippen LogP contribution is -2.27. The van der Waals surface area contributed by atoms with Crippen LogP contribution in [0.15, 0.2) is 23.2 Å². The summed E-state index contributed by atoms with van der Waals surface area (Å²) in [6.07, 6.45) is 0. The molecule has 0 saturated heterocycles. The van der Waals surface area contributed by atoms with Crippen LogP contribution in [0.5, 0.6) is 0 Å². The number of nitrogens with one attached hydrogen (secondary N) is 1. The van der Waals surface area contributed by atoms with E-state index in [-0.39, 0.29) is 5.96 Å². The first-order valence-electron chi connectivity index (χ1n) is 3.33. The highest BCUT2D eigenvalue weighted by atomic mass is 35.5. The molecule has 6 heteroatoms. The van der Waals surface area contributed by atoms with Gasteiger partial charge in [0.15, 0.2) is 0 Å². The second kappa shape index (κ2) is 4.32. The molecular formula is C7H7Cl2N3O. The molecule has 0 aromatic heterocycles. The van der Waals surface area contributed by atoms with E-state index < -0.39 is 0 Å². The Morgan fingerprint density at radius 3 is 2.77 bits per heavy atom. The molecule has 70 valence electrons. The van der Waals surface area contributed by atoms with E-state index in [4.69, 9.17) is 34.1 Å². The molecule has 0 aliphatic heterocycles. The van der Waals surface area contributed by atoms with Crippen molar-refractivity contribution >= 4 is 34.8 Å². The fourth-order valence-corrected chi connectivity index (χ4v) is 1.05. The molecule has 0 spiro atoms. The maximum absolute atomic E-state index is 8.37. The van der Waals surface area contributed by atoms with Crippen LogP contribution in [-0.2, 0) is 0 Å². The Morgan fingerprint density at radius 2 is 2.15 bits per heavy atom. The third-order valence-electron chi connectivity index (χ3n) is 1.26. The van der Waals surface area contributed by atoms with Gasteiger partial charge in [-0.15, -0.1) is 0 Å². The van der Waals surface area contributed by atoms with Gasteiger partial charge in [-0.05, 0) is 18.2 Å². The van der Waals surface area contributed by atoms with Crippen molar-refractivity contribution in [1.82, 2.24) is 5.48 Å². The van der Waals surface area contributed by atoms with Crippen LogP contribution in [0, 0.1) is 0 Å². The van der Waals surface area contributed by atoms with Crippen LogP contribution in [0.3, 0.4) is 0 Å². The Kier molecular flexibility index (Phi) is 3.36. The van der Waals surface area contributed by atoms with Gasteiger partial charge in [0.05, 0.1) is 10.7 Å². The topological polar surface area (TPSA) is 70.6 Å². The summed E-state index contributed by atoms with van der Waals surface area (Å²) in [4.78, 5) is 3.75. The Bertz CT molecular complexity index is 341. The van der Waals surface area contributed by atoms with Crippen molar-refractivity contribution in [3.8, 4) is 0 Å². The van der Waals surface area contributed by atoms with Crippen LogP contribution >= 0.6 is 23.2 Å². The highest BCUT2D eigenvalue weighted by Crippen LogP contribution is 2.27. The molecule has 0 unspecified atom stereocenters. The van der Waals surface area contributed by atoms with Crippen molar-refractivity contribution in [1.29, 1.82) is 0 Å². The number of aliphatic imine (C=N–C) groups is 1. The Labute approximate surface area is 84.9 Å². The largest absolute Gasteiger partial charge is 0.368 e. The highest BCUT2D eigenvalue weighted by molar-refractivity contribution is 6.35. The van der Waals surface area contributed by atoms with E-state index in [1.54, 1.807) is 17.6 Å². The van der Waals surface area contributed by atoms with Gasteiger partial charge in [0, 0.05) is 5.02 Å². The number of rotatable bonds is 1. The molecule has 0 amide bonds. The van der Waals surface area contributed by atoms with Crippen molar-refractivity contribution in [2.45, 2.75) is 0 Å². The summed E-state index contributed by atoms with van der Waals surface area (Å²) >= 11 is 11.5. The molecule has 1 rings (SSSR count). The SMILES string of the molecule is NC(=Nc1cc(Cl)ccc1Cl)NO. The Hall–Kier alpha value is -0.970. The van der Waals surface area contributed by atoms with Crippen molar-refractivity contribution in [3.63, 3.8) is 0 Å². The summed E-state index contributed by atoms with van der Waals surface area (Å²) in [5.74, 6) is -0.149. The lowest BCUT2D eigenvalue weighted by Gasteiger charge is -2.00. The Morgan fingerprint density at radius 1 is 1.46 bits per heavy atom. The molecule has 0 saturated carbocycles. The molecule has 0 aliphatic carbocycles. The summed E-state index contributed by atoms with van der Waals surface area (Å²) < 4.78 is 0. The minimum atomic E-state index is -0.149. The fourth-order valence-electron chi connectivity index (χ4n) is 0.726. The summed E-state index contributed by atoms with van der Waals surface area (Å²) in [5.41, 5.74) is 7.29. The minimum Gasteiger partial charge on any atom is -0.368 e. The molecule has 4 nitrogen and oxygen atoms in total. The monoisotopic (exact) mass is 219 g/mol. The van der Waals surface area contributed by atoms with Crippen LogP contribution in [0.25, 0.3) is 0 Å². The summed E-state index contributed by atoms with van der Waals surface area (Å²) in [6.45, 7) is 0. The van der Waals surface area contributed by atoms with E-state index in [1.807, 2.05) is 0 Å². The maximum Gasteiger partial charge on any atom is 0.218 e. The molecule has 13 heavy (non-hydrogen) atoms. The van der Waals surface area contributed by atoms with E-state index >= 15 is 0 Å². The van der Waals surface area contributed by atoms with Gasteiger partial charge < -0.3 is 5.73 Å². The van der Waals surface area contributed by atoms with Crippen molar-refractivity contribution in [2.75, 3.05) is 0 Å². The quantitative estimate of drug-likeness (QED) is 0.384. The molecule has 0 radical (unpaired) electrons. The van der Waals surface area contributed by atoms with Gasteiger partial charge in [0.2, 0.25) is 5.96 Å². The molecular weight excluding hydrogens is 213 g/mol. The van der Waals surface area contributed by atoms with Crippen molar-refractivity contribution in [3.05, 3.63) is 28.2 Å². The van der Waals surface area contributed by atoms with Crippen molar-refractivity contribution < 1.29 is 5.21 Å². The number of guanidine groups is 1. The number of nitrogens with two attached hydrogens (primary N) is 1. The lowest BCUT2D eigenvalue weighted by molar-refractivity contribution is 0.233. The zero-order valence-corrected chi connectivity index (χ0v) is 7.97. The van der Waals surface area contributed by atoms with Crippen LogP contribution in [0.4, 0.5) is 5.69 Å². The predicted octanol–water partition coefficient (Wildman–Crippen LogP) is 1.92. The summed E-state index contributed by atoms with van der Waals surface area (Å²) in [5, 5.41) is 9.27. The molecule has 4 N–H and O–H groups in total. The van der Waals surface area contributed by atoms with E-state index in [9.17, 15) is 0 Å². The molecule has 0 fully saturated rings. The third kappa shape index (κ3) is 2.77. The predicted molar refractivity (Wildman–Crippen MR) is 52.7 cm³/mol. The van der Waals surface area contributed by atoms with E-state index in [0.717, 1.165) is 0 Å². The van der Waals surface area contributed by atoms with Gasteiger partial charge in [-0.3, -0.25) is 5.21 Å². The molecule has 1 aromatic carbocycles. The molecule has 0 aliphatic rings. The molecule has 0 atom stereocenters. The summed E-state index contributed by atoms with van der Waals surface area (Å²) in [6, 6.07) is 4.76. The van der Waals surface area contributed by atoms with Gasteiger partial charge in [-0.25, -0.2) is 10.5 Å². The second-order valence-corrected chi connectivity index (χ2v) is 3.05. The average molecular weight is 220 g/mol. The van der Waals surface area contributed by atoms with E-state index in [0.29, 0.717) is 15.7 Å². The third-order valence-corrected chi connectivity index (χ3v) is 1.82. The molecule has 0 heterocycles. The molecule has 1 aromatic rings. The first kappa shape index (κ1) is 10.1. The lowest BCUT2D eigenvalue weighted by atomic mass is 10.3. The van der Waals surface area contributed by atoms with E-state index in [2.05, 4.69) is 4.99 Å². The van der Waals surface area contributed by atoms with Gasteiger partial charge >= 0.3 is 0 Å². The Balaban J connectivity index is 3.07. The van der Waals surface area contributed by atoms with Crippen molar-refractivity contribution in [2.24, 2.45) is 10.7 Å². The van der Waals surface area contributed by atoms with Gasteiger partial charge in [0.1, 0.15) is 0 Å². The summed E-state index contributed by atoms with van der Waals surface area (Å²) in [7, 11) is 0. The fraction of sp³-hybridized carbons (Fsp3) is 0. The second-order valence-electron chi connectivity index (χ2n) is 2.20. The first-order chi connectivity index (χ1) is 6.13. The number of nitrogens with zero attached hydrogens (tertiary/aromatic N) is 1. The average Bonchev–Trinajstić information content (AvgIpc) is 2.11. The number of hydrogen-bond acceptors (Lipinski definition) is 2. The number of hydroxylamine groups is 1. The van der Waals surface area contributed by atoms with Gasteiger partial charge in [-0.1, -0.05) is 23.2 Å². The smallest absolute Gasteiger partial charge is 0.218 e. The minimum absolute atomic E-state index is 0.149. The highest BCUT2D eigenvalue weighted by Gasteiger charge is 2.00. The zero-order chi connectivity index (χ0) is 9.84. The number of halogens is 2.